The van der Waals surface area contributed by atoms with Crippen molar-refractivity contribution in [3.05, 3.63) is 60.3 Å². The molecular weight excluding hydrogens is 254 g/mol. The molecule has 0 saturated heterocycles. The molecule has 0 unspecified atom stereocenters. The largest absolute Gasteiger partial charge is 0.333 e. The van der Waals surface area contributed by atoms with Crippen LogP contribution in [0, 0.1) is 0 Å². The van der Waals surface area contributed by atoms with Gasteiger partial charge in [0.05, 0.1) is 0 Å². The van der Waals surface area contributed by atoms with Gasteiger partial charge in [0.25, 0.3) is 0 Å². The Bertz CT molecular complexity index is 585. The van der Waals surface area contributed by atoms with Gasteiger partial charge in [-0.15, -0.1) is 0 Å². The van der Waals surface area contributed by atoms with Crippen LogP contribution >= 0.6 is 0 Å². The number of carbonyl (C=O) groups excluding carboxylic acids is 2. The van der Waals surface area contributed by atoms with Gasteiger partial charge in [-0.2, -0.15) is 0 Å². The molecule has 1 heterocycles. The molecule has 102 valence electrons. The average molecular weight is 269 g/mol. The maximum Gasteiger partial charge on any atom is 0.315 e. The van der Waals surface area contributed by atoms with Crippen molar-refractivity contribution in [1.82, 2.24) is 9.88 Å². The van der Waals surface area contributed by atoms with E-state index >= 15 is 0 Å². The van der Waals surface area contributed by atoms with Crippen LogP contribution in [-0.2, 0) is 16.1 Å². The molecule has 0 saturated carbocycles. The molecule has 0 aliphatic rings. The van der Waals surface area contributed by atoms with Crippen LogP contribution in [0.1, 0.15) is 5.56 Å². The number of benzene rings is 1. The number of hydrogen-bond donors (Lipinski definition) is 1. The molecule has 2 aromatic rings. The lowest BCUT2D eigenvalue weighted by molar-refractivity contribution is -0.142. The zero-order valence-electron chi connectivity index (χ0n) is 11.1. The maximum atomic E-state index is 11.9. The van der Waals surface area contributed by atoms with Crippen molar-refractivity contribution in [2.75, 3.05) is 12.4 Å². The van der Waals surface area contributed by atoms with E-state index in [0.29, 0.717) is 12.4 Å². The number of carbonyl (C=O) groups is 2. The standard InChI is InChI=1S/C15H15N3O2/c1-18(11-12-7-3-2-4-8-12)15(20)14(19)17-13-9-5-6-10-16-13/h2-10H,11H2,1H3,(H,16,17,19). The predicted molar refractivity (Wildman–Crippen MR) is 75.8 cm³/mol. The highest BCUT2D eigenvalue weighted by Crippen LogP contribution is 2.04. The third kappa shape index (κ3) is 3.65. The minimum Gasteiger partial charge on any atom is -0.333 e. The Morgan fingerprint density at radius 3 is 2.45 bits per heavy atom. The van der Waals surface area contributed by atoms with Gasteiger partial charge < -0.3 is 10.2 Å². The molecule has 2 amide bonds. The molecule has 5 heteroatoms. The van der Waals surface area contributed by atoms with Crippen LogP contribution in [0.5, 0.6) is 0 Å². The van der Waals surface area contributed by atoms with Crippen LogP contribution in [0.2, 0.25) is 0 Å². The summed E-state index contributed by atoms with van der Waals surface area (Å²) in [5.74, 6) is -0.930. The Morgan fingerprint density at radius 2 is 1.80 bits per heavy atom. The molecule has 20 heavy (non-hydrogen) atoms. The second kappa shape index (κ2) is 6.47. The molecule has 0 radical (unpaired) electrons. The Labute approximate surface area is 117 Å². The SMILES string of the molecule is CN(Cc1ccccc1)C(=O)C(=O)Nc1ccccn1. The highest BCUT2D eigenvalue weighted by Gasteiger charge is 2.19. The van der Waals surface area contributed by atoms with Crippen LogP contribution in [-0.4, -0.2) is 28.7 Å². The van der Waals surface area contributed by atoms with Gasteiger partial charge in [-0.3, -0.25) is 9.59 Å². The van der Waals surface area contributed by atoms with E-state index in [1.54, 1.807) is 31.4 Å². The zero-order chi connectivity index (χ0) is 14.4. The van der Waals surface area contributed by atoms with Gasteiger partial charge in [0.15, 0.2) is 0 Å². The summed E-state index contributed by atoms with van der Waals surface area (Å²) in [7, 11) is 1.59. The van der Waals surface area contributed by atoms with Crippen LogP contribution in [0.3, 0.4) is 0 Å². The highest BCUT2D eigenvalue weighted by molar-refractivity contribution is 6.39. The summed E-state index contributed by atoms with van der Waals surface area (Å²) in [5.41, 5.74) is 0.967. The first-order valence-electron chi connectivity index (χ1n) is 6.18. The van der Waals surface area contributed by atoms with Crippen LogP contribution in [0.25, 0.3) is 0 Å². The number of amides is 2. The molecule has 1 N–H and O–H groups in total. The number of anilines is 1. The number of hydrogen-bond acceptors (Lipinski definition) is 3. The number of pyridine rings is 1. The fourth-order valence-electron chi connectivity index (χ4n) is 1.71. The number of aromatic nitrogens is 1. The molecule has 0 fully saturated rings. The lowest BCUT2D eigenvalue weighted by atomic mass is 10.2. The third-order valence-electron chi connectivity index (χ3n) is 2.71. The molecule has 1 aromatic heterocycles. The Hall–Kier alpha value is -2.69. The summed E-state index contributed by atoms with van der Waals surface area (Å²) in [4.78, 5) is 29.1. The van der Waals surface area contributed by atoms with Gasteiger partial charge in [0.1, 0.15) is 5.82 Å². The molecule has 2 rings (SSSR count). The lowest BCUT2D eigenvalue weighted by Gasteiger charge is -2.16. The Balaban J connectivity index is 1.95. The van der Waals surface area contributed by atoms with E-state index in [1.165, 1.54) is 4.90 Å². The molecule has 0 aliphatic carbocycles. The van der Waals surface area contributed by atoms with E-state index in [2.05, 4.69) is 10.3 Å². The van der Waals surface area contributed by atoms with E-state index in [9.17, 15) is 9.59 Å². The normalized spacial score (nSPS) is 9.85. The summed E-state index contributed by atoms with van der Waals surface area (Å²) >= 11 is 0. The summed E-state index contributed by atoms with van der Waals surface area (Å²) in [5, 5.41) is 2.47. The van der Waals surface area contributed by atoms with E-state index < -0.39 is 11.8 Å². The fraction of sp³-hybridized carbons (Fsp3) is 0.133. The summed E-state index contributed by atoms with van der Waals surface area (Å²) in [6.07, 6.45) is 1.55. The van der Waals surface area contributed by atoms with E-state index in [-0.39, 0.29) is 0 Å². The summed E-state index contributed by atoms with van der Waals surface area (Å²) < 4.78 is 0. The number of nitrogens with zero attached hydrogens (tertiary/aromatic N) is 2. The minimum atomic E-state index is -0.692. The van der Waals surface area contributed by atoms with Crippen molar-refractivity contribution in [1.29, 1.82) is 0 Å². The smallest absolute Gasteiger partial charge is 0.315 e. The van der Waals surface area contributed by atoms with Gasteiger partial charge in [0.2, 0.25) is 0 Å². The van der Waals surface area contributed by atoms with E-state index in [1.807, 2.05) is 30.3 Å². The van der Waals surface area contributed by atoms with Crippen LogP contribution in [0.4, 0.5) is 5.82 Å². The molecule has 0 atom stereocenters. The highest BCUT2D eigenvalue weighted by atomic mass is 16.2. The number of likely N-dealkylation sites (N-methyl/N-ethyl adjacent to an activating group) is 1. The average Bonchev–Trinajstić information content (AvgIpc) is 2.48. The molecule has 0 aliphatic heterocycles. The molecular formula is C15H15N3O2. The van der Waals surface area contributed by atoms with Crippen molar-refractivity contribution >= 4 is 17.6 Å². The fourth-order valence-corrected chi connectivity index (χ4v) is 1.71. The number of nitrogens with one attached hydrogen (secondary N) is 1. The molecule has 0 bridgehead atoms. The van der Waals surface area contributed by atoms with Crippen molar-refractivity contribution in [2.24, 2.45) is 0 Å². The molecule has 5 nitrogen and oxygen atoms in total. The van der Waals surface area contributed by atoms with Gasteiger partial charge >= 0.3 is 11.8 Å². The first kappa shape index (κ1) is 13.7. The zero-order valence-corrected chi connectivity index (χ0v) is 11.1. The first-order valence-corrected chi connectivity index (χ1v) is 6.18. The van der Waals surface area contributed by atoms with Crippen molar-refractivity contribution in [3.63, 3.8) is 0 Å². The van der Waals surface area contributed by atoms with Gasteiger partial charge in [-0.05, 0) is 17.7 Å². The van der Waals surface area contributed by atoms with E-state index in [4.69, 9.17) is 0 Å². The van der Waals surface area contributed by atoms with Crippen molar-refractivity contribution in [3.8, 4) is 0 Å². The topological polar surface area (TPSA) is 62.3 Å². The van der Waals surface area contributed by atoms with Crippen LogP contribution in [0.15, 0.2) is 54.7 Å². The van der Waals surface area contributed by atoms with Crippen molar-refractivity contribution < 1.29 is 9.59 Å². The Morgan fingerprint density at radius 1 is 1.10 bits per heavy atom. The predicted octanol–water partition coefficient (Wildman–Crippen LogP) is 1.68. The first-order chi connectivity index (χ1) is 9.66. The molecule has 0 spiro atoms. The van der Waals surface area contributed by atoms with Gasteiger partial charge in [-0.1, -0.05) is 36.4 Å². The van der Waals surface area contributed by atoms with Gasteiger partial charge in [-0.25, -0.2) is 4.98 Å². The van der Waals surface area contributed by atoms with Gasteiger partial charge in [0, 0.05) is 19.8 Å². The van der Waals surface area contributed by atoms with Crippen LogP contribution < -0.4 is 5.32 Å². The number of rotatable bonds is 3. The summed E-state index contributed by atoms with van der Waals surface area (Å²) in [6, 6.07) is 14.6. The quantitative estimate of drug-likeness (QED) is 0.862. The molecule has 1 aromatic carbocycles. The summed E-state index contributed by atoms with van der Waals surface area (Å²) in [6.45, 7) is 0.384. The van der Waals surface area contributed by atoms with E-state index in [0.717, 1.165) is 5.56 Å². The minimum absolute atomic E-state index is 0.360. The second-order valence-electron chi connectivity index (χ2n) is 4.32. The maximum absolute atomic E-state index is 11.9. The Kier molecular flexibility index (Phi) is 4.44. The van der Waals surface area contributed by atoms with Crippen molar-refractivity contribution in [2.45, 2.75) is 6.54 Å². The monoisotopic (exact) mass is 269 g/mol. The second-order valence-corrected chi connectivity index (χ2v) is 4.32. The lowest BCUT2D eigenvalue weighted by Crippen LogP contribution is -2.36. The third-order valence-corrected chi connectivity index (χ3v) is 2.71.